The summed E-state index contributed by atoms with van der Waals surface area (Å²) < 4.78 is 33.1. The number of carboxylic acid groups (broad SMARTS) is 1. The van der Waals surface area contributed by atoms with Gasteiger partial charge in [-0.25, -0.2) is 13.6 Å². The van der Waals surface area contributed by atoms with Gasteiger partial charge in [0, 0.05) is 24.5 Å². The minimum atomic E-state index is -3.35. The second-order valence-electron chi connectivity index (χ2n) is 6.27. The number of amides is 1. The normalized spacial score (nSPS) is 16.2. The van der Waals surface area contributed by atoms with Crippen LogP contribution in [0.2, 0.25) is 5.02 Å². The molecule has 5 nitrogen and oxygen atoms in total. The summed E-state index contributed by atoms with van der Waals surface area (Å²) in [7, 11) is 0. The molecule has 1 amide bonds. The third kappa shape index (κ3) is 3.88. The van der Waals surface area contributed by atoms with Crippen LogP contribution in [-0.2, 0) is 5.92 Å². The van der Waals surface area contributed by atoms with Crippen molar-refractivity contribution in [2.45, 2.75) is 25.3 Å². The fraction of sp³-hybridized carbons (Fsp3) is 0.263. The number of hydrogen-bond donors (Lipinski definition) is 2. The first-order chi connectivity index (χ1) is 12.7. The molecule has 2 aromatic carbocycles. The molecule has 0 unspecified atom stereocenters. The molecule has 1 heterocycles. The zero-order valence-corrected chi connectivity index (χ0v) is 15.0. The van der Waals surface area contributed by atoms with E-state index in [1.807, 2.05) is 0 Å². The Labute approximate surface area is 158 Å². The number of halogens is 3. The van der Waals surface area contributed by atoms with Crippen LogP contribution >= 0.6 is 11.6 Å². The number of hydrogen-bond acceptors (Lipinski definition) is 3. The predicted molar refractivity (Wildman–Crippen MR) is 94.7 cm³/mol. The average molecular weight is 396 g/mol. The van der Waals surface area contributed by atoms with Crippen molar-refractivity contribution in [3.63, 3.8) is 0 Å². The summed E-state index contributed by atoms with van der Waals surface area (Å²) >= 11 is 6.03. The van der Waals surface area contributed by atoms with Crippen molar-refractivity contribution in [2.24, 2.45) is 0 Å². The maximum absolute atomic E-state index is 13.8. The number of ether oxygens (including phenoxy) is 1. The number of nitrogens with one attached hydrogen (secondary N) is 1. The van der Waals surface area contributed by atoms with Gasteiger partial charge < -0.3 is 15.2 Å². The molecule has 0 aromatic heterocycles. The van der Waals surface area contributed by atoms with Gasteiger partial charge in [0.1, 0.15) is 5.75 Å². The van der Waals surface area contributed by atoms with Crippen LogP contribution < -0.4 is 10.1 Å². The Morgan fingerprint density at radius 3 is 2.59 bits per heavy atom. The van der Waals surface area contributed by atoms with Gasteiger partial charge in [0.05, 0.1) is 28.8 Å². The van der Waals surface area contributed by atoms with Gasteiger partial charge in [0.15, 0.2) is 0 Å². The van der Waals surface area contributed by atoms with Crippen molar-refractivity contribution in [2.75, 3.05) is 6.61 Å². The molecule has 3 rings (SSSR count). The molecule has 2 N–H and O–H groups in total. The summed E-state index contributed by atoms with van der Waals surface area (Å²) in [5.41, 5.74) is -0.551. The molecule has 8 heteroatoms. The van der Waals surface area contributed by atoms with Gasteiger partial charge >= 0.3 is 5.97 Å². The largest absolute Gasteiger partial charge is 0.493 e. The first-order valence-electron chi connectivity index (χ1n) is 8.16. The lowest BCUT2D eigenvalue weighted by molar-refractivity contribution is 0.0149. The minimum Gasteiger partial charge on any atom is -0.493 e. The van der Waals surface area contributed by atoms with Gasteiger partial charge in [-0.1, -0.05) is 23.7 Å². The summed E-state index contributed by atoms with van der Waals surface area (Å²) in [4.78, 5) is 24.0. The van der Waals surface area contributed by atoms with Crippen molar-refractivity contribution in [1.82, 2.24) is 5.32 Å². The van der Waals surface area contributed by atoms with Crippen molar-refractivity contribution in [3.8, 4) is 5.75 Å². The fourth-order valence-electron chi connectivity index (χ4n) is 3.01. The van der Waals surface area contributed by atoms with Gasteiger partial charge in [-0.3, -0.25) is 4.79 Å². The number of carboxylic acids is 1. The maximum Gasteiger partial charge on any atom is 0.336 e. The number of alkyl halides is 2. The third-order valence-corrected chi connectivity index (χ3v) is 4.65. The second-order valence-corrected chi connectivity index (χ2v) is 6.68. The van der Waals surface area contributed by atoms with Crippen LogP contribution in [-0.4, -0.2) is 23.6 Å². The standard InChI is InChI=1S/C19H16ClF2NO4/c1-19(21,22)13-9-16-12(8-11(13)18(25)26)15(6-7-27-16)23-17(24)10-4-2-3-5-14(10)20/h2-5,8-9,15H,6-7H2,1H3,(H,23,24)(H,25,26)/t15-/m1/s1. The summed E-state index contributed by atoms with van der Waals surface area (Å²) in [5, 5.41) is 12.4. The van der Waals surface area contributed by atoms with Gasteiger partial charge in [-0.15, -0.1) is 0 Å². The van der Waals surface area contributed by atoms with Crippen molar-refractivity contribution < 1.29 is 28.2 Å². The zero-order chi connectivity index (χ0) is 19.8. The molecule has 0 spiro atoms. The molecule has 1 aliphatic heterocycles. The van der Waals surface area contributed by atoms with Crippen LogP contribution in [0, 0.1) is 0 Å². The van der Waals surface area contributed by atoms with E-state index in [4.69, 9.17) is 16.3 Å². The number of rotatable bonds is 4. The van der Waals surface area contributed by atoms with Crippen molar-refractivity contribution in [1.29, 1.82) is 0 Å². The molecular formula is C19H16ClF2NO4. The Morgan fingerprint density at radius 1 is 1.26 bits per heavy atom. The van der Waals surface area contributed by atoms with Crippen LogP contribution in [0.1, 0.15) is 51.2 Å². The van der Waals surface area contributed by atoms with Crippen LogP contribution in [0.15, 0.2) is 36.4 Å². The topological polar surface area (TPSA) is 75.6 Å². The number of fused-ring (bicyclic) bond motifs is 1. The molecule has 1 aliphatic rings. The highest BCUT2D eigenvalue weighted by Gasteiger charge is 2.34. The molecule has 0 radical (unpaired) electrons. The van der Waals surface area contributed by atoms with E-state index in [1.165, 1.54) is 0 Å². The van der Waals surface area contributed by atoms with Crippen LogP contribution in [0.25, 0.3) is 0 Å². The minimum absolute atomic E-state index is 0.132. The highest BCUT2D eigenvalue weighted by atomic mass is 35.5. The maximum atomic E-state index is 13.8. The van der Waals surface area contributed by atoms with Crippen molar-refractivity contribution in [3.05, 3.63) is 63.7 Å². The van der Waals surface area contributed by atoms with Crippen LogP contribution in [0.5, 0.6) is 5.75 Å². The molecule has 27 heavy (non-hydrogen) atoms. The van der Waals surface area contributed by atoms with Gasteiger partial charge in [0.25, 0.3) is 11.8 Å². The molecular weight excluding hydrogens is 380 g/mol. The molecule has 1 atom stereocenters. The fourth-order valence-corrected chi connectivity index (χ4v) is 3.23. The quantitative estimate of drug-likeness (QED) is 0.804. The van der Waals surface area contributed by atoms with Crippen LogP contribution in [0.3, 0.4) is 0 Å². The second kappa shape index (κ2) is 7.15. The molecule has 0 saturated heterocycles. The monoisotopic (exact) mass is 395 g/mol. The highest BCUT2D eigenvalue weighted by molar-refractivity contribution is 6.33. The van der Waals surface area contributed by atoms with Crippen molar-refractivity contribution >= 4 is 23.5 Å². The van der Waals surface area contributed by atoms with Gasteiger partial charge in [-0.2, -0.15) is 0 Å². The Kier molecular flexibility index (Phi) is 5.06. The molecule has 0 aliphatic carbocycles. The van der Waals surface area contributed by atoms with E-state index in [-0.39, 0.29) is 22.9 Å². The zero-order valence-electron chi connectivity index (χ0n) is 14.3. The summed E-state index contributed by atoms with van der Waals surface area (Å²) in [5.74, 6) is -5.14. The van der Waals surface area contributed by atoms with Gasteiger partial charge in [0.2, 0.25) is 0 Å². The molecule has 0 saturated carbocycles. The summed E-state index contributed by atoms with van der Waals surface area (Å²) in [6, 6.07) is 8.07. The van der Waals surface area contributed by atoms with E-state index in [1.54, 1.807) is 24.3 Å². The summed E-state index contributed by atoms with van der Waals surface area (Å²) in [6.07, 6.45) is 0.365. The van der Waals surface area contributed by atoms with Gasteiger partial charge in [-0.05, 0) is 24.3 Å². The first-order valence-corrected chi connectivity index (χ1v) is 8.54. The van der Waals surface area contributed by atoms with E-state index >= 15 is 0 Å². The number of benzene rings is 2. The van der Waals surface area contributed by atoms with E-state index in [0.717, 1.165) is 12.1 Å². The third-order valence-electron chi connectivity index (χ3n) is 4.32. The Hall–Kier alpha value is -2.67. The Bertz CT molecular complexity index is 911. The number of carbonyl (C=O) groups excluding carboxylic acids is 1. The van der Waals surface area contributed by atoms with E-state index in [9.17, 15) is 23.5 Å². The SMILES string of the molecule is CC(F)(F)c1cc2c(cc1C(=O)O)[C@H](NC(=O)c1ccccc1Cl)CCO2. The van der Waals surface area contributed by atoms with E-state index < -0.39 is 35.0 Å². The van der Waals surface area contributed by atoms with Crippen LogP contribution in [0.4, 0.5) is 8.78 Å². The van der Waals surface area contributed by atoms with E-state index in [2.05, 4.69) is 5.32 Å². The molecule has 0 fully saturated rings. The Balaban J connectivity index is 1.99. The smallest absolute Gasteiger partial charge is 0.336 e. The van der Waals surface area contributed by atoms with E-state index in [0.29, 0.717) is 18.9 Å². The molecule has 0 bridgehead atoms. The highest BCUT2D eigenvalue weighted by Crippen LogP contribution is 2.39. The average Bonchev–Trinajstić information content (AvgIpc) is 2.60. The lowest BCUT2D eigenvalue weighted by Gasteiger charge is -2.28. The number of aromatic carboxylic acids is 1. The first kappa shape index (κ1) is 19.1. The molecule has 142 valence electrons. The molecule has 2 aromatic rings. The summed E-state index contributed by atoms with van der Waals surface area (Å²) in [6.45, 7) is 0.822. The lowest BCUT2D eigenvalue weighted by atomic mass is 9.92. The predicted octanol–water partition coefficient (Wildman–Crippen LogP) is 4.40. The number of carbonyl (C=O) groups is 2. The Morgan fingerprint density at radius 2 is 1.96 bits per heavy atom. The lowest BCUT2D eigenvalue weighted by Crippen LogP contribution is -2.33.